The second-order valence-electron chi connectivity index (χ2n) is 4.70. The molecule has 0 bridgehead atoms. The van der Waals surface area contributed by atoms with Gasteiger partial charge in [-0.15, -0.1) is 11.3 Å². The van der Waals surface area contributed by atoms with E-state index in [0.717, 1.165) is 22.5 Å². The van der Waals surface area contributed by atoms with Crippen molar-refractivity contribution in [3.63, 3.8) is 0 Å². The Morgan fingerprint density at radius 2 is 2.00 bits per heavy atom. The number of carboxylic acid groups (broad SMARTS) is 1. The van der Waals surface area contributed by atoms with Gasteiger partial charge in [0.05, 0.1) is 16.5 Å². The van der Waals surface area contributed by atoms with Crippen LogP contribution in [-0.4, -0.2) is 23.3 Å². The van der Waals surface area contributed by atoms with Crippen LogP contribution >= 0.6 is 11.3 Å². The first-order chi connectivity index (χ1) is 9.88. The van der Waals surface area contributed by atoms with E-state index in [9.17, 15) is 14.7 Å². The van der Waals surface area contributed by atoms with E-state index in [1.807, 2.05) is 26.0 Å². The fourth-order valence-electron chi connectivity index (χ4n) is 1.87. The summed E-state index contributed by atoms with van der Waals surface area (Å²) in [4.78, 5) is 26.7. The fraction of sp³-hybridized carbons (Fsp3) is 0.267. The van der Waals surface area contributed by atoms with Crippen LogP contribution in [0.2, 0.25) is 0 Å². The van der Waals surface area contributed by atoms with Gasteiger partial charge in [-0.2, -0.15) is 0 Å². The molecule has 110 valence electrons. The van der Waals surface area contributed by atoms with Crippen LogP contribution in [0.3, 0.4) is 0 Å². The average Bonchev–Trinajstić information content (AvgIpc) is 2.80. The smallest absolute Gasteiger partial charge is 0.228 e. The second kappa shape index (κ2) is 6.05. The summed E-state index contributed by atoms with van der Waals surface area (Å²) in [5.41, 5.74) is 2.34. The number of aryl methyl sites for hydroxylation is 3. The number of carbonyl (C=O) groups is 2. The predicted molar refractivity (Wildman–Crippen MR) is 76.9 cm³/mol. The van der Waals surface area contributed by atoms with Gasteiger partial charge >= 0.3 is 0 Å². The van der Waals surface area contributed by atoms with Gasteiger partial charge in [-0.1, -0.05) is 17.7 Å². The standard InChI is InChI=1S/C15H15NO4S/c1-8-4-5-12(9(2)6-8)20-7-11(17)14-16-10(3)13(21-14)15(18)19/h4-6H,7H2,1-3H3,(H,18,19)/p-1. The van der Waals surface area contributed by atoms with Gasteiger partial charge in [-0.25, -0.2) is 4.98 Å². The van der Waals surface area contributed by atoms with E-state index in [0.29, 0.717) is 5.75 Å². The Bertz CT molecular complexity index is 706. The zero-order valence-electron chi connectivity index (χ0n) is 11.9. The molecule has 0 saturated carbocycles. The number of benzene rings is 1. The molecule has 0 fully saturated rings. The highest BCUT2D eigenvalue weighted by molar-refractivity contribution is 7.15. The first-order valence-electron chi connectivity index (χ1n) is 6.30. The average molecular weight is 304 g/mol. The third-order valence-corrected chi connectivity index (χ3v) is 4.09. The summed E-state index contributed by atoms with van der Waals surface area (Å²) in [6.45, 7) is 5.23. The van der Waals surface area contributed by atoms with E-state index in [4.69, 9.17) is 4.74 Å². The first kappa shape index (κ1) is 15.2. The summed E-state index contributed by atoms with van der Waals surface area (Å²) in [7, 11) is 0. The lowest BCUT2D eigenvalue weighted by Crippen LogP contribution is -2.21. The molecule has 0 aliphatic heterocycles. The number of rotatable bonds is 5. The van der Waals surface area contributed by atoms with Gasteiger partial charge in [0.15, 0.2) is 11.6 Å². The van der Waals surface area contributed by atoms with E-state index in [1.54, 1.807) is 6.07 Å². The number of ketones is 1. The monoisotopic (exact) mass is 304 g/mol. The van der Waals surface area contributed by atoms with Gasteiger partial charge in [-0.05, 0) is 32.4 Å². The highest BCUT2D eigenvalue weighted by Gasteiger charge is 2.16. The number of carbonyl (C=O) groups excluding carboxylic acids is 2. The minimum Gasteiger partial charge on any atom is -0.544 e. The Kier molecular flexibility index (Phi) is 4.37. The zero-order chi connectivity index (χ0) is 15.6. The Hall–Kier alpha value is -2.21. The van der Waals surface area contributed by atoms with Crippen molar-refractivity contribution in [2.45, 2.75) is 20.8 Å². The van der Waals surface area contributed by atoms with Gasteiger partial charge in [0.25, 0.3) is 0 Å². The molecule has 1 heterocycles. The van der Waals surface area contributed by atoms with Crippen molar-refractivity contribution in [3.05, 3.63) is 44.9 Å². The maximum Gasteiger partial charge on any atom is 0.228 e. The molecule has 1 aromatic carbocycles. The topological polar surface area (TPSA) is 79.3 Å². The van der Waals surface area contributed by atoms with Crippen LogP contribution < -0.4 is 9.84 Å². The quantitative estimate of drug-likeness (QED) is 0.785. The van der Waals surface area contributed by atoms with Crippen LogP contribution in [0.5, 0.6) is 5.75 Å². The van der Waals surface area contributed by atoms with Crippen molar-refractivity contribution in [1.82, 2.24) is 4.98 Å². The van der Waals surface area contributed by atoms with Crippen molar-refractivity contribution in [1.29, 1.82) is 0 Å². The zero-order valence-corrected chi connectivity index (χ0v) is 12.7. The molecule has 0 amide bonds. The van der Waals surface area contributed by atoms with Crippen molar-refractivity contribution < 1.29 is 19.4 Å². The third kappa shape index (κ3) is 3.46. The van der Waals surface area contributed by atoms with Crippen LogP contribution in [0, 0.1) is 20.8 Å². The summed E-state index contributed by atoms with van der Waals surface area (Å²) in [6, 6.07) is 5.66. The number of hydrogen-bond donors (Lipinski definition) is 0. The Balaban J connectivity index is 2.08. The number of carboxylic acids is 1. The van der Waals surface area contributed by atoms with Gasteiger partial charge < -0.3 is 14.6 Å². The second-order valence-corrected chi connectivity index (χ2v) is 5.70. The Morgan fingerprint density at radius 1 is 1.29 bits per heavy atom. The summed E-state index contributed by atoms with van der Waals surface area (Å²) in [5.74, 6) is -1.04. The fourth-order valence-corrected chi connectivity index (χ4v) is 2.70. The molecule has 5 nitrogen and oxygen atoms in total. The molecule has 0 aliphatic carbocycles. The molecule has 0 unspecified atom stereocenters. The maximum absolute atomic E-state index is 12.0. The van der Waals surface area contributed by atoms with E-state index < -0.39 is 5.97 Å². The predicted octanol–water partition coefficient (Wildman–Crippen LogP) is 1.69. The van der Waals surface area contributed by atoms with Gasteiger partial charge in [0.1, 0.15) is 5.75 Å². The highest BCUT2D eigenvalue weighted by Crippen LogP contribution is 2.21. The van der Waals surface area contributed by atoms with Gasteiger partial charge in [-0.3, -0.25) is 4.79 Å². The van der Waals surface area contributed by atoms with Crippen molar-refractivity contribution in [2.75, 3.05) is 6.61 Å². The normalized spacial score (nSPS) is 10.4. The molecule has 0 spiro atoms. The van der Waals surface area contributed by atoms with Crippen LogP contribution in [0.4, 0.5) is 0 Å². The highest BCUT2D eigenvalue weighted by atomic mass is 32.1. The molecule has 0 radical (unpaired) electrons. The molecular formula is C15H14NO4S-. The lowest BCUT2D eigenvalue weighted by atomic mass is 10.1. The van der Waals surface area contributed by atoms with Crippen LogP contribution in [0.1, 0.15) is 36.3 Å². The minimum atomic E-state index is -1.32. The van der Waals surface area contributed by atoms with Gasteiger partial charge in [0.2, 0.25) is 5.78 Å². The van der Waals surface area contributed by atoms with Crippen LogP contribution in [0.25, 0.3) is 0 Å². The number of Topliss-reactive ketones (excluding diaryl/α,β-unsaturated/α-hetero) is 1. The molecule has 0 aliphatic rings. The molecule has 0 saturated heterocycles. The number of hydrogen-bond acceptors (Lipinski definition) is 6. The van der Waals surface area contributed by atoms with E-state index in [-0.39, 0.29) is 28.0 Å². The van der Waals surface area contributed by atoms with Gasteiger partial charge in [0, 0.05) is 0 Å². The summed E-state index contributed by atoms with van der Waals surface area (Å²) in [6.07, 6.45) is 0. The molecule has 0 atom stereocenters. The van der Waals surface area contributed by atoms with Crippen LogP contribution in [0.15, 0.2) is 18.2 Å². The van der Waals surface area contributed by atoms with E-state index >= 15 is 0 Å². The largest absolute Gasteiger partial charge is 0.544 e. The van der Waals surface area contributed by atoms with Crippen LogP contribution in [-0.2, 0) is 0 Å². The van der Waals surface area contributed by atoms with Crippen molar-refractivity contribution in [2.24, 2.45) is 0 Å². The van der Waals surface area contributed by atoms with E-state index in [1.165, 1.54) is 6.92 Å². The van der Waals surface area contributed by atoms with Crippen molar-refractivity contribution in [3.8, 4) is 5.75 Å². The molecule has 6 heteroatoms. The maximum atomic E-state index is 12.0. The Morgan fingerprint density at radius 3 is 2.57 bits per heavy atom. The number of aromatic carboxylic acids is 1. The Labute approximate surface area is 126 Å². The summed E-state index contributed by atoms with van der Waals surface area (Å²) in [5, 5.41) is 11.0. The first-order valence-corrected chi connectivity index (χ1v) is 7.12. The summed E-state index contributed by atoms with van der Waals surface area (Å²) < 4.78 is 5.47. The number of nitrogens with zero attached hydrogens (tertiary/aromatic N) is 1. The molecule has 1 aromatic heterocycles. The SMILES string of the molecule is Cc1ccc(OCC(=O)c2nc(C)c(C(=O)[O-])s2)c(C)c1. The third-order valence-electron chi connectivity index (χ3n) is 2.91. The van der Waals surface area contributed by atoms with Crippen molar-refractivity contribution >= 4 is 23.1 Å². The number of thiazole rings is 1. The lowest BCUT2D eigenvalue weighted by molar-refractivity contribution is -0.254. The molecule has 21 heavy (non-hydrogen) atoms. The number of aromatic nitrogens is 1. The molecule has 0 N–H and O–H groups in total. The minimum absolute atomic E-state index is 0.0233. The molecule has 2 rings (SSSR count). The van der Waals surface area contributed by atoms with E-state index in [2.05, 4.69) is 4.98 Å². The number of ether oxygens (including phenoxy) is 1. The summed E-state index contributed by atoms with van der Waals surface area (Å²) >= 11 is 0.815. The molecular weight excluding hydrogens is 290 g/mol. The lowest BCUT2D eigenvalue weighted by Gasteiger charge is -2.08. The molecule has 2 aromatic rings.